The molecule has 0 aromatic rings. The fourth-order valence-corrected chi connectivity index (χ4v) is 6.82. The Labute approximate surface area is 295 Å². The maximum atomic E-state index is 13.3. The largest absolute Gasteiger partial charge is 0.481 e. The molecule has 284 valence electrons. The minimum absolute atomic E-state index is 0.0323. The number of hydrogen-bond acceptors (Lipinski definition) is 6. The molecule has 48 heavy (non-hydrogen) atoms. The molecule has 0 amide bonds. The first-order valence-electron chi connectivity index (χ1n) is 20.4. The first-order valence-corrected chi connectivity index (χ1v) is 20.4. The molecule has 0 aliphatic heterocycles. The Balaban J connectivity index is 4.32. The van der Waals surface area contributed by atoms with Gasteiger partial charge in [-0.2, -0.15) is 0 Å². The van der Waals surface area contributed by atoms with Crippen LogP contribution in [0, 0.1) is 5.41 Å². The number of aliphatic carboxylic acids is 1. The van der Waals surface area contributed by atoms with Gasteiger partial charge in [-0.25, -0.2) is 0 Å². The van der Waals surface area contributed by atoms with Crippen molar-refractivity contribution in [2.75, 3.05) is 19.8 Å². The Morgan fingerprint density at radius 3 is 1.40 bits per heavy atom. The Morgan fingerprint density at radius 2 is 1.00 bits per heavy atom. The van der Waals surface area contributed by atoms with E-state index in [0.29, 0.717) is 19.3 Å². The summed E-state index contributed by atoms with van der Waals surface area (Å²) in [5, 5.41) is 38.0. The fourth-order valence-electron chi connectivity index (χ4n) is 6.82. The van der Waals surface area contributed by atoms with Crippen LogP contribution >= 0.6 is 0 Å². The van der Waals surface area contributed by atoms with Crippen molar-refractivity contribution >= 4 is 11.9 Å². The van der Waals surface area contributed by atoms with E-state index in [1.165, 1.54) is 103 Å². The van der Waals surface area contributed by atoms with Crippen LogP contribution in [-0.2, 0) is 14.3 Å². The van der Waals surface area contributed by atoms with E-state index in [4.69, 9.17) is 9.84 Å². The van der Waals surface area contributed by atoms with Gasteiger partial charge in [0.2, 0.25) is 0 Å². The number of carboxylic acids is 1. The van der Waals surface area contributed by atoms with Gasteiger partial charge in [0.05, 0.1) is 24.7 Å². The highest BCUT2D eigenvalue weighted by molar-refractivity contribution is 5.77. The lowest BCUT2D eigenvalue weighted by Crippen LogP contribution is -2.38. The standard InChI is InChI=1S/C41H78O7/c1-2-3-4-5-6-7-8-9-14-17-20-23-26-29-32-41(36-38(44)37-43,40(47)48-35-34-42)33-30-27-24-21-18-15-12-10-11-13-16-19-22-25-28-31-39(45)46/h9,14,38,42-44H,2-8,10-13,15-37H2,1H3,(H,45,46)/b14-9-. The van der Waals surface area contributed by atoms with E-state index in [1.54, 1.807) is 0 Å². The molecule has 4 N–H and O–H groups in total. The van der Waals surface area contributed by atoms with Crippen LogP contribution in [0.15, 0.2) is 12.2 Å². The molecule has 0 spiro atoms. The summed E-state index contributed by atoms with van der Waals surface area (Å²) in [5.74, 6) is -1.02. The lowest BCUT2D eigenvalue weighted by Gasteiger charge is -2.33. The quantitative estimate of drug-likeness (QED) is 0.0290. The van der Waals surface area contributed by atoms with Gasteiger partial charge in [-0.15, -0.1) is 0 Å². The second-order valence-electron chi connectivity index (χ2n) is 14.4. The molecule has 0 aromatic heterocycles. The van der Waals surface area contributed by atoms with Crippen LogP contribution in [0.2, 0.25) is 0 Å². The van der Waals surface area contributed by atoms with Crippen molar-refractivity contribution in [2.45, 2.75) is 212 Å². The third-order valence-electron chi connectivity index (χ3n) is 9.81. The number of ether oxygens (including phenoxy) is 1. The van der Waals surface area contributed by atoms with Crippen molar-refractivity contribution in [3.05, 3.63) is 12.2 Å². The van der Waals surface area contributed by atoms with Crippen LogP contribution in [0.1, 0.15) is 206 Å². The summed E-state index contributed by atoms with van der Waals surface area (Å²) in [6.45, 7) is 1.64. The van der Waals surface area contributed by atoms with E-state index >= 15 is 0 Å². The smallest absolute Gasteiger partial charge is 0.312 e. The molecule has 0 saturated carbocycles. The summed E-state index contributed by atoms with van der Waals surface area (Å²) in [5.41, 5.74) is -0.813. The Morgan fingerprint density at radius 1 is 0.604 bits per heavy atom. The fraction of sp³-hybridized carbons (Fsp3) is 0.902. The molecule has 0 radical (unpaired) electrons. The molecule has 7 heteroatoms. The second-order valence-corrected chi connectivity index (χ2v) is 14.4. The van der Waals surface area contributed by atoms with Gasteiger partial charge in [0.15, 0.2) is 0 Å². The number of carbonyl (C=O) groups excluding carboxylic acids is 1. The highest BCUT2D eigenvalue weighted by Gasteiger charge is 2.40. The van der Waals surface area contributed by atoms with Gasteiger partial charge in [-0.05, 0) is 51.4 Å². The summed E-state index contributed by atoms with van der Waals surface area (Å²) in [4.78, 5) is 23.8. The van der Waals surface area contributed by atoms with Crippen LogP contribution in [0.5, 0.6) is 0 Å². The molecule has 0 aromatic carbocycles. The number of aliphatic hydroxyl groups excluding tert-OH is 3. The molecule has 2 atom stereocenters. The molecular formula is C41H78O7. The number of carboxylic acid groups (broad SMARTS) is 1. The van der Waals surface area contributed by atoms with Gasteiger partial charge in [-0.3, -0.25) is 9.59 Å². The monoisotopic (exact) mass is 683 g/mol. The predicted octanol–water partition coefficient (Wildman–Crippen LogP) is 10.6. The van der Waals surface area contributed by atoms with E-state index in [-0.39, 0.29) is 32.2 Å². The van der Waals surface area contributed by atoms with Crippen LogP contribution in [-0.4, -0.2) is 58.3 Å². The lowest BCUT2D eigenvalue weighted by atomic mass is 9.73. The zero-order valence-electron chi connectivity index (χ0n) is 31.3. The number of rotatable bonds is 38. The van der Waals surface area contributed by atoms with Crippen LogP contribution in [0.3, 0.4) is 0 Å². The molecule has 7 nitrogen and oxygen atoms in total. The summed E-state index contributed by atoms with van der Waals surface area (Å²) in [6.07, 6.45) is 37.4. The van der Waals surface area contributed by atoms with E-state index in [1.807, 2.05) is 0 Å². The summed E-state index contributed by atoms with van der Waals surface area (Å²) < 4.78 is 5.45. The molecule has 2 unspecified atom stereocenters. The average molecular weight is 683 g/mol. The van der Waals surface area contributed by atoms with Gasteiger partial charge in [-0.1, -0.05) is 160 Å². The number of allylic oxidation sites excluding steroid dienone is 2. The molecule has 0 aliphatic rings. The molecular weight excluding hydrogens is 604 g/mol. The topological polar surface area (TPSA) is 124 Å². The zero-order valence-corrected chi connectivity index (χ0v) is 31.3. The normalized spacial score (nSPS) is 13.6. The second kappa shape index (κ2) is 35.4. The first-order chi connectivity index (χ1) is 23.4. The first kappa shape index (κ1) is 46.6. The predicted molar refractivity (Wildman–Crippen MR) is 199 cm³/mol. The van der Waals surface area contributed by atoms with Crippen molar-refractivity contribution in [3.8, 4) is 0 Å². The lowest BCUT2D eigenvalue weighted by molar-refractivity contribution is -0.161. The van der Waals surface area contributed by atoms with Crippen LogP contribution in [0.4, 0.5) is 0 Å². The van der Waals surface area contributed by atoms with E-state index in [2.05, 4.69) is 19.1 Å². The number of unbranched alkanes of at least 4 members (excludes halogenated alkanes) is 24. The Kier molecular flexibility index (Phi) is 34.3. The minimum atomic E-state index is -0.952. The number of aliphatic hydroxyl groups is 3. The maximum absolute atomic E-state index is 13.3. The van der Waals surface area contributed by atoms with E-state index < -0.39 is 17.5 Å². The average Bonchev–Trinajstić information content (AvgIpc) is 3.08. The zero-order chi connectivity index (χ0) is 35.4. The summed E-state index contributed by atoms with van der Waals surface area (Å²) in [6, 6.07) is 0. The van der Waals surface area contributed by atoms with Crippen molar-refractivity contribution in [2.24, 2.45) is 5.41 Å². The van der Waals surface area contributed by atoms with Gasteiger partial charge in [0, 0.05) is 6.42 Å². The molecule has 0 rings (SSSR count). The summed E-state index contributed by atoms with van der Waals surface area (Å²) in [7, 11) is 0. The number of carbonyl (C=O) groups is 2. The van der Waals surface area contributed by atoms with Crippen LogP contribution < -0.4 is 0 Å². The highest BCUT2D eigenvalue weighted by Crippen LogP contribution is 2.38. The van der Waals surface area contributed by atoms with E-state index in [9.17, 15) is 24.9 Å². The van der Waals surface area contributed by atoms with Crippen molar-refractivity contribution < 1.29 is 34.8 Å². The Hall–Kier alpha value is -1.44. The van der Waals surface area contributed by atoms with Gasteiger partial charge >= 0.3 is 11.9 Å². The van der Waals surface area contributed by atoms with Gasteiger partial charge in [0.1, 0.15) is 6.61 Å². The maximum Gasteiger partial charge on any atom is 0.312 e. The third kappa shape index (κ3) is 29.5. The minimum Gasteiger partial charge on any atom is -0.481 e. The van der Waals surface area contributed by atoms with Crippen LogP contribution in [0.25, 0.3) is 0 Å². The highest BCUT2D eigenvalue weighted by atomic mass is 16.5. The molecule has 0 fully saturated rings. The molecule has 0 bridgehead atoms. The molecule has 0 aliphatic carbocycles. The molecule has 0 heterocycles. The van der Waals surface area contributed by atoms with Gasteiger partial charge < -0.3 is 25.2 Å². The van der Waals surface area contributed by atoms with Crippen molar-refractivity contribution in [1.29, 1.82) is 0 Å². The van der Waals surface area contributed by atoms with Crippen molar-refractivity contribution in [3.63, 3.8) is 0 Å². The number of esters is 1. The Bertz CT molecular complexity index is 740. The number of hydrogen-bond donors (Lipinski definition) is 4. The molecule has 0 saturated heterocycles. The third-order valence-corrected chi connectivity index (χ3v) is 9.81. The summed E-state index contributed by atoms with van der Waals surface area (Å²) >= 11 is 0. The van der Waals surface area contributed by atoms with Crippen molar-refractivity contribution in [1.82, 2.24) is 0 Å². The van der Waals surface area contributed by atoms with Gasteiger partial charge in [0.25, 0.3) is 0 Å². The SMILES string of the molecule is CCCCCCCC/C=C\CCCCCCC(CCCCCCCCCCCCCCCCCC(=O)O)(CC(O)CO)C(=O)OCCO. The van der Waals surface area contributed by atoms with E-state index in [0.717, 1.165) is 70.6 Å².